The molecule has 7 rings (SSSR count). The summed E-state index contributed by atoms with van der Waals surface area (Å²) in [4.78, 5) is 3.05. The van der Waals surface area contributed by atoms with E-state index >= 15 is 0 Å². The zero-order valence-corrected chi connectivity index (χ0v) is 17.6. The van der Waals surface area contributed by atoms with Gasteiger partial charge in [-0.15, -0.1) is 0 Å². The van der Waals surface area contributed by atoms with Crippen molar-refractivity contribution in [1.29, 1.82) is 0 Å². The van der Waals surface area contributed by atoms with Gasteiger partial charge in [-0.1, -0.05) is 23.7 Å². The normalized spacial score (nSPS) is 41.2. The summed E-state index contributed by atoms with van der Waals surface area (Å²) in [6, 6.07) is 7.45. The Bertz CT molecular complexity index is 736. The molecule has 0 aromatic heterocycles. The van der Waals surface area contributed by atoms with Gasteiger partial charge in [0.05, 0.1) is 5.54 Å². The molecule has 146 valence electrons. The highest BCUT2D eigenvalue weighted by atomic mass is 35.5. The summed E-state index contributed by atoms with van der Waals surface area (Å²) < 4.78 is 0. The summed E-state index contributed by atoms with van der Waals surface area (Å²) in [6.45, 7) is 7.21. The highest BCUT2D eigenvalue weighted by Gasteiger charge is 2.62. The maximum Gasteiger partial charge on any atom is 0.0514 e. The fraction of sp³-hybridized carbons (Fsp3) is 0.750. The molecule has 6 aliphatic rings. The molecule has 1 saturated heterocycles. The molecule has 4 aliphatic carbocycles. The Hall–Kier alpha value is -0.570. The maximum atomic E-state index is 6.93. The summed E-state index contributed by atoms with van der Waals surface area (Å²) in [5, 5.41) is 4.64. The molecule has 4 bridgehead atoms. The SMILES string of the molecule is CC1(C)c2cccc(Cl)c2C2(CCNCC2)N1C1C2CC3CC(C2)CC1C3. The van der Waals surface area contributed by atoms with Gasteiger partial charge >= 0.3 is 0 Å². The molecule has 1 spiro atoms. The Labute approximate surface area is 169 Å². The van der Waals surface area contributed by atoms with E-state index < -0.39 is 0 Å². The minimum absolute atomic E-state index is 0.0810. The lowest BCUT2D eigenvalue weighted by Crippen LogP contribution is -2.65. The first-order valence-electron chi connectivity index (χ1n) is 11.3. The molecule has 5 fully saturated rings. The van der Waals surface area contributed by atoms with E-state index in [9.17, 15) is 0 Å². The van der Waals surface area contributed by atoms with Crippen molar-refractivity contribution in [2.24, 2.45) is 23.7 Å². The van der Waals surface area contributed by atoms with Crippen LogP contribution in [-0.4, -0.2) is 24.0 Å². The molecule has 27 heavy (non-hydrogen) atoms. The van der Waals surface area contributed by atoms with Gasteiger partial charge < -0.3 is 5.32 Å². The van der Waals surface area contributed by atoms with Gasteiger partial charge in [-0.05, 0) is 113 Å². The van der Waals surface area contributed by atoms with Crippen molar-refractivity contribution in [1.82, 2.24) is 10.2 Å². The third-order valence-corrected chi connectivity index (χ3v) is 9.42. The number of hydrogen-bond acceptors (Lipinski definition) is 2. The van der Waals surface area contributed by atoms with Crippen molar-refractivity contribution in [2.45, 2.75) is 75.9 Å². The highest BCUT2D eigenvalue weighted by Crippen LogP contribution is 2.63. The fourth-order valence-electron chi connectivity index (χ4n) is 8.60. The molecule has 0 radical (unpaired) electrons. The Morgan fingerprint density at radius 2 is 1.59 bits per heavy atom. The molecule has 2 aliphatic heterocycles. The molecule has 0 unspecified atom stereocenters. The van der Waals surface area contributed by atoms with Crippen molar-refractivity contribution in [2.75, 3.05) is 13.1 Å². The second kappa shape index (κ2) is 5.74. The van der Waals surface area contributed by atoms with E-state index in [1.54, 1.807) is 0 Å². The standard InChI is InChI=1S/C24H33ClN2/c1-23(2)19-4-3-5-20(25)21(19)24(6-8-26-9-7-24)27(23)22-17-11-15-10-16(13-17)14-18(22)12-15/h3-5,15-18,22,26H,6-14H2,1-2H3. The van der Waals surface area contributed by atoms with Crippen LogP contribution in [-0.2, 0) is 11.1 Å². The number of fused-ring (bicyclic) bond motifs is 2. The number of hydrogen-bond donors (Lipinski definition) is 1. The van der Waals surface area contributed by atoms with Gasteiger partial charge in [0.2, 0.25) is 0 Å². The van der Waals surface area contributed by atoms with Gasteiger partial charge in [-0.25, -0.2) is 0 Å². The van der Waals surface area contributed by atoms with Crippen LogP contribution in [0.2, 0.25) is 5.02 Å². The molecule has 1 aromatic rings. The Kier molecular flexibility index (Phi) is 3.68. The summed E-state index contributed by atoms with van der Waals surface area (Å²) in [6.07, 6.45) is 9.90. The summed E-state index contributed by atoms with van der Waals surface area (Å²) in [7, 11) is 0. The molecule has 3 heteroatoms. The number of nitrogens with one attached hydrogen (secondary N) is 1. The van der Waals surface area contributed by atoms with Crippen LogP contribution in [0, 0.1) is 23.7 Å². The lowest BCUT2D eigenvalue weighted by Gasteiger charge is -2.62. The fourth-order valence-corrected chi connectivity index (χ4v) is 8.95. The van der Waals surface area contributed by atoms with Crippen LogP contribution in [0.1, 0.15) is 69.9 Å². The van der Waals surface area contributed by atoms with Gasteiger partial charge in [-0.2, -0.15) is 0 Å². The minimum atomic E-state index is 0.0810. The molecule has 2 nitrogen and oxygen atoms in total. The van der Waals surface area contributed by atoms with E-state index in [1.165, 1.54) is 56.1 Å². The lowest BCUT2D eigenvalue weighted by atomic mass is 9.53. The molecule has 0 atom stereocenters. The van der Waals surface area contributed by atoms with Gasteiger partial charge in [0, 0.05) is 16.6 Å². The van der Waals surface area contributed by atoms with Gasteiger partial charge in [0.15, 0.2) is 0 Å². The summed E-state index contributed by atoms with van der Waals surface area (Å²) in [5.74, 6) is 3.90. The van der Waals surface area contributed by atoms with E-state index in [2.05, 4.69) is 42.3 Å². The van der Waals surface area contributed by atoms with Crippen LogP contribution in [0.25, 0.3) is 0 Å². The quantitative estimate of drug-likeness (QED) is 0.707. The lowest BCUT2D eigenvalue weighted by molar-refractivity contribution is -0.141. The predicted octanol–water partition coefficient (Wildman–Crippen LogP) is 5.29. The van der Waals surface area contributed by atoms with Crippen LogP contribution in [0.3, 0.4) is 0 Å². The van der Waals surface area contributed by atoms with Gasteiger partial charge in [0.25, 0.3) is 0 Å². The third-order valence-electron chi connectivity index (χ3n) is 9.11. The van der Waals surface area contributed by atoms with Crippen LogP contribution in [0.15, 0.2) is 18.2 Å². The van der Waals surface area contributed by atoms with E-state index in [0.717, 1.165) is 47.8 Å². The second-order valence-corrected chi connectivity index (χ2v) is 11.2. The minimum Gasteiger partial charge on any atom is -0.317 e. The molecular formula is C24H33ClN2. The van der Waals surface area contributed by atoms with E-state index in [4.69, 9.17) is 11.6 Å². The second-order valence-electron chi connectivity index (χ2n) is 10.8. The first-order valence-corrected chi connectivity index (χ1v) is 11.7. The van der Waals surface area contributed by atoms with Crippen molar-refractivity contribution < 1.29 is 0 Å². The Morgan fingerprint density at radius 1 is 0.963 bits per heavy atom. The highest BCUT2D eigenvalue weighted by molar-refractivity contribution is 6.31. The smallest absolute Gasteiger partial charge is 0.0514 e. The van der Waals surface area contributed by atoms with E-state index in [0.29, 0.717) is 0 Å². The topological polar surface area (TPSA) is 15.3 Å². The third kappa shape index (κ3) is 2.21. The molecule has 1 aromatic carbocycles. The molecule has 1 N–H and O–H groups in total. The zero-order valence-electron chi connectivity index (χ0n) is 16.8. The largest absolute Gasteiger partial charge is 0.317 e. The van der Waals surface area contributed by atoms with E-state index in [-0.39, 0.29) is 11.1 Å². The van der Waals surface area contributed by atoms with Gasteiger partial charge in [-0.3, -0.25) is 4.90 Å². The molecular weight excluding hydrogens is 352 g/mol. The van der Waals surface area contributed by atoms with Crippen molar-refractivity contribution >= 4 is 11.6 Å². The number of halogens is 1. The van der Waals surface area contributed by atoms with Crippen molar-refractivity contribution in [3.8, 4) is 0 Å². The maximum absolute atomic E-state index is 6.93. The Balaban J connectivity index is 1.52. The van der Waals surface area contributed by atoms with E-state index in [1.807, 2.05) is 0 Å². The number of benzene rings is 1. The van der Waals surface area contributed by atoms with Gasteiger partial charge in [0.1, 0.15) is 0 Å². The van der Waals surface area contributed by atoms with Crippen LogP contribution >= 0.6 is 11.6 Å². The van der Waals surface area contributed by atoms with Crippen molar-refractivity contribution in [3.63, 3.8) is 0 Å². The molecule has 0 amide bonds. The summed E-state index contributed by atoms with van der Waals surface area (Å²) in [5.41, 5.74) is 3.21. The van der Waals surface area contributed by atoms with Crippen LogP contribution in [0.5, 0.6) is 0 Å². The molecule has 4 saturated carbocycles. The average Bonchev–Trinajstić information content (AvgIpc) is 2.81. The van der Waals surface area contributed by atoms with Crippen LogP contribution < -0.4 is 5.32 Å². The first-order chi connectivity index (χ1) is 13.0. The van der Waals surface area contributed by atoms with Crippen LogP contribution in [0.4, 0.5) is 0 Å². The van der Waals surface area contributed by atoms with Crippen molar-refractivity contribution in [3.05, 3.63) is 34.3 Å². The molecule has 2 heterocycles. The monoisotopic (exact) mass is 384 g/mol. The number of rotatable bonds is 1. The Morgan fingerprint density at radius 3 is 2.22 bits per heavy atom. The number of piperidine rings is 1. The number of nitrogens with zero attached hydrogens (tertiary/aromatic N) is 1. The summed E-state index contributed by atoms with van der Waals surface area (Å²) >= 11 is 6.93. The predicted molar refractivity (Wildman–Crippen MR) is 111 cm³/mol. The average molecular weight is 385 g/mol. The first kappa shape index (κ1) is 17.3. The zero-order chi connectivity index (χ0) is 18.4.